The van der Waals surface area contributed by atoms with Gasteiger partial charge in [0, 0.05) is 18.5 Å². The van der Waals surface area contributed by atoms with Crippen molar-refractivity contribution in [1.82, 2.24) is 14.7 Å². The van der Waals surface area contributed by atoms with E-state index in [9.17, 15) is 19.5 Å². The molecule has 7 heteroatoms. The molecule has 7 nitrogen and oxygen atoms in total. The van der Waals surface area contributed by atoms with E-state index in [2.05, 4.69) is 5.10 Å². The Morgan fingerprint density at radius 1 is 1.24 bits per heavy atom. The molecule has 0 saturated carbocycles. The second-order valence-electron chi connectivity index (χ2n) is 7.08. The topological polar surface area (TPSA) is 92.5 Å². The highest BCUT2D eigenvalue weighted by Crippen LogP contribution is 2.31. The molecule has 1 N–H and O–H groups in total. The van der Waals surface area contributed by atoms with Crippen molar-refractivity contribution in [2.75, 3.05) is 13.1 Å². The highest BCUT2D eigenvalue weighted by atomic mass is 16.4. The first-order chi connectivity index (χ1) is 11.7. The molecule has 1 saturated heterocycles. The molecule has 25 heavy (non-hydrogen) atoms. The predicted octanol–water partition coefficient (Wildman–Crippen LogP) is 1.91. The molecule has 1 amide bonds. The number of carbonyl (C=O) groups excluding carboxylic acids is 1. The Balaban J connectivity index is 2.10. The van der Waals surface area contributed by atoms with E-state index >= 15 is 0 Å². The first-order valence-electron chi connectivity index (χ1n) is 8.29. The number of carboxylic acids is 1. The van der Waals surface area contributed by atoms with Crippen molar-refractivity contribution in [1.29, 1.82) is 0 Å². The van der Waals surface area contributed by atoms with Crippen LogP contribution in [0.25, 0.3) is 10.8 Å². The van der Waals surface area contributed by atoms with Gasteiger partial charge < -0.3 is 10.0 Å². The molecule has 1 atom stereocenters. The summed E-state index contributed by atoms with van der Waals surface area (Å²) in [6, 6.07) is 6.70. The van der Waals surface area contributed by atoms with Crippen LogP contribution in [0.2, 0.25) is 0 Å². The lowest BCUT2D eigenvalue weighted by Crippen LogP contribution is -2.36. The van der Waals surface area contributed by atoms with Crippen LogP contribution < -0.4 is 5.56 Å². The molecule has 1 fully saturated rings. The van der Waals surface area contributed by atoms with Gasteiger partial charge in [-0.2, -0.15) is 5.10 Å². The third-order valence-electron chi connectivity index (χ3n) is 4.80. The van der Waals surface area contributed by atoms with Crippen molar-refractivity contribution in [3.05, 3.63) is 40.3 Å². The molecule has 1 aliphatic heterocycles. The summed E-state index contributed by atoms with van der Waals surface area (Å²) in [5.74, 6) is -1.25. The molecule has 0 spiro atoms. The number of hydrogen-bond acceptors (Lipinski definition) is 4. The van der Waals surface area contributed by atoms with Gasteiger partial charge in [-0.05, 0) is 33.3 Å². The van der Waals surface area contributed by atoms with Gasteiger partial charge in [0.1, 0.15) is 0 Å². The largest absolute Gasteiger partial charge is 0.481 e. The minimum absolute atomic E-state index is 0.137. The smallest absolute Gasteiger partial charge is 0.311 e. The number of aromatic nitrogens is 2. The summed E-state index contributed by atoms with van der Waals surface area (Å²) in [6.07, 6.45) is 0.399. The number of fused-ring (bicyclic) bond motifs is 1. The molecular weight excluding hydrogens is 322 g/mol. The summed E-state index contributed by atoms with van der Waals surface area (Å²) in [4.78, 5) is 38.5. The maximum absolute atomic E-state index is 13.0. The van der Waals surface area contributed by atoms with Gasteiger partial charge in [-0.1, -0.05) is 18.2 Å². The van der Waals surface area contributed by atoms with Crippen molar-refractivity contribution >= 4 is 22.6 Å². The zero-order valence-electron chi connectivity index (χ0n) is 14.5. The zero-order chi connectivity index (χ0) is 18.4. The molecule has 2 aromatic rings. The lowest BCUT2D eigenvalue weighted by molar-refractivity contribution is -0.147. The Bertz CT molecular complexity index is 918. The number of rotatable bonds is 3. The van der Waals surface area contributed by atoms with Gasteiger partial charge in [0.05, 0.1) is 16.8 Å². The Kier molecular flexibility index (Phi) is 4.10. The quantitative estimate of drug-likeness (QED) is 0.919. The Labute approximate surface area is 144 Å². The van der Waals surface area contributed by atoms with Gasteiger partial charge in [-0.15, -0.1) is 0 Å². The standard InChI is InChI=1S/C18H21N3O4/c1-11(2)21-15(22)13-7-5-4-6-12(13)14(19-21)16(23)20-9-8-18(3,10-20)17(24)25/h4-7,11H,8-10H2,1-3H3,(H,24,25)/t18-/m1/s1. The highest BCUT2D eigenvalue weighted by molar-refractivity contribution is 6.05. The first kappa shape index (κ1) is 17.1. The molecular formula is C18H21N3O4. The van der Waals surface area contributed by atoms with Crippen LogP contribution in [0.4, 0.5) is 0 Å². The second-order valence-corrected chi connectivity index (χ2v) is 7.08. The Morgan fingerprint density at radius 2 is 1.88 bits per heavy atom. The number of carboxylic acid groups (broad SMARTS) is 1. The summed E-state index contributed by atoms with van der Waals surface area (Å²) in [7, 11) is 0. The molecule has 0 bridgehead atoms. The number of nitrogens with zero attached hydrogens (tertiary/aromatic N) is 3. The number of carbonyl (C=O) groups is 2. The fourth-order valence-electron chi connectivity index (χ4n) is 3.17. The molecule has 1 aromatic heterocycles. The van der Waals surface area contributed by atoms with Crippen LogP contribution in [0.5, 0.6) is 0 Å². The summed E-state index contributed by atoms with van der Waals surface area (Å²) < 4.78 is 1.31. The van der Waals surface area contributed by atoms with Crippen LogP contribution in [0.1, 0.15) is 43.7 Å². The monoisotopic (exact) mass is 343 g/mol. The van der Waals surface area contributed by atoms with Crippen molar-refractivity contribution in [2.24, 2.45) is 5.41 Å². The second kappa shape index (κ2) is 5.98. The van der Waals surface area contributed by atoms with Crippen LogP contribution in [0.3, 0.4) is 0 Å². The van der Waals surface area contributed by atoms with E-state index in [1.54, 1.807) is 31.2 Å². The van der Waals surface area contributed by atoms with E-state index in [0.717, 1.165) is 0 Å². The number of benzene rings is 1. The molecule has 132 valence electrons. The molecule has 3 rings (SSSR count). The fraction of sp³-hybridized carbons (Fsp3) is 0.444. The Hall–Kier alpha value is -2.70. The minimum atomic E-state index is -0.946. The van der Waals surface area contributed by atoms with Crippen LogP contribution in [0.15, 0.2) is 29.1 Å². The van der Waals surface area contributed by atoms with E-state index in [4.69, 9.17) is 0 Å². The highest BCUT2D eigenvalue weighted by Gasteiger charge is 2.42. The van der Waals surface area contributed by atoms with Crippen molar-refractivity contribution < 1.29 is 14.7 Å². The number of likely N-dealkylation sites (tertiary alicyclic amines) is 1. The van der Waals surface area contributed by atoms with E-state index in [1.807, 2.05) is 13.8 Å². The van der Waals surface area contributed by atoms with Crippen molar-refractivity contribution in [3.63, 3.8) is 0 Å². The summed E-state index contributed by atoms with van der Waals surface area (Å²) in [6.45, 7) is 5.79. The van der Waals surface area contributed by atoms with E-state index in [0.29, 0.717) is 23.7 Å². The molecule has 2 heterocycles. The molecule has 1 aromatic carbocycles. The maximum Gasteiger partial charge on any atom is 0.311 e. The molecule has 0 unspecified atom stereocenters. The fourth-order valence-corrected chi connectivity index (χ4v) is 3.17. The Morgan fingerprint density at radius 3 is 2.44 bits per heavy atom. The predicted molar refractivity (Wildman–Crippen MR) is 92.7 cm³/mol. The number of aliphatic carboxylic acids is 1. The van der Waals surface area contributed by atoms with E-state index in [-0.39, 0.29) is 29.7 Å². The summed E-state index contributed by atoms with van der Waals surface area (Å²) >= 11 is 0. The average Bonchev–Trinajstić information content (AvgIpc) is 2.98. The minimum Gasteiger partial charge on any atom is -0.481 e. The number of hydrogen-bond donors (Lipinski definition) is 1. The molecule has 0 aliphatic carbocycles. The van der Waals surface area contributed by atoms with Gasteiger partial charge in [0.15, 0.2) is 5.69 Å². The zero-order valence-corrected chi connectivity index (χ0v) is 14.5. The third kappa shape index (κ3) is 2.79. The summed E-state index contributed by atoms with van der Waals surface area (Å²) in [5, 5.41) is 14.6. The lowest BCUT2D eigenvalue weighted by atomic mass is 9.90. The normalized spacial score (nSPS) is 20.4. The maximum atomic E-state index is 13.0. The third-order valence-corrected chi connectivity index (χ3v) is 4.80. The van der Waals surface area contributed by atoms with Gasteiger partial charge in [-0.25, -0.2) is 4.68 Å². The summed E-state index contributed by atoms with van der Waals surface area (Å²) in [5.41, 5.74) is -0.990. The van der Waals surface area contributed by atoms with Crippen LogP contribution in [-0.2, 0) is 4.79 Å². The number of amides is 1. The average molecular weight is 343 g/mol. The van der Waals surface area contributed by atoms with Gasteiger partial charge in [-0.3, -0.25) is 14.4 Å². The van der Waals surface area contributed by atoms with Crippen molar-refractivity contribution in [3.8, 4) is 0 Å². The van der Waals surface area contributed by atoms with Gasteiger partial charge in [0.2, 0.25) is 0 Å². The molecule has 0 radical (unpaired) electrons. The van der Waals surface area contributed by atoms with E-state index < -0.39 is 11.4 Å². The first-order valence-corrected chi connectivity index (χ1v) is 8.29. The molecule has 1 aliphatic rings. The van der Waals surface area contributed by atoms with E-state index in [1.165, 1.54) is 9.58 Å². The van der Waals surface area contributed by atoms with Crippen LogP contribution in [0, 0.1) is 5.41 Å². The van der Waals surface area contributed by atoms with Gasteiger partial charge in [0.25, 0.3) is 11.5 Å². The lowest BCUT2D eigenvalue weighted by Gasteiger charge is -2.21. The van der Waals surface area contributed by atoms with Crippen LogP contribution >= 0.6 is 0 Å². The van der Waals surface area contributed by atoms with Crippen molar-refractivity contribution in [2.45, 2.75) is 33.2 Å². The van der Waals surface area contributed by atoms with Crippen LogP contribution in [-0.4, -0.2) is 44.8 Å². The van der Waals surface area contributed by atoms with Gasteiger partial charge >= 0.3 is 5.97 Å². The SMILES string of the molecule is CC(C)n1nc(C(=O)N2CC[C@@](C)(C(=O)O)C2)c2ccccc2c1=O.